The molecule has 32 heavy (non-hydrogen) atoms. The van der Waals surface area contributed by atoms with Gasteiger partial charge in [-0.15, -0.1) is 0 Å². The maximum Gasteiger partial charge on any atom is 0.339 e. The zero-order valence-corrected chi connectivity index (χ0v) is 16.8. The lowest BCUT2D eigenvalue weighted by molar-refractivity contribution is -0.124. The molecule has 1 aliphatic heterocycles. The highest BCUT2D eigenvalue weighted by molar-refractivity contribution is 6.11. The van der Waals surface area contributed by atoms with Gasteiger partial charge >= 0.3 is 5.97 Å². The van der Waals surface area contributed by atoms with Gasteiger partial charge < -0.3 is 14.5 Å². The van der Waals surface area contributed by atoms with Crippen LogP contribution in [-0.4, -0.2) is 35.9 Å². The van der Waals surface area contributed by atoms with E-state index in [1.54, 1.807) is 60.7 Å². The molecule has 2 aromatic carbocycles. The zero-order chi connectivity index (χ0) is 22.1. The van der Waals surface area contributed by atoms with Crippen LogP contribution < -0.4 is 10.2 Å². The summed E-state index contributed by atoms with van der Waals surface area (Å²) >= 11 is 0. The van der Waals surface area contributed by atoms with Gasteiger partial charge in [-0.05, 0) is 36.4 Å². The van der Waals surface area contributed by atoms with E-state index in [4.69, 9.17) is 9.15 Å². The van der Waals surface area contributed by atoms with Gasteiger partial charge in [0.2, 0.25) is 5.91 Å². The molecule has 1 aliphatic rings. The topological polar surface area (TPSA) is 102 Å². The van der Waals surface area contributed by atoms with Crippen molar-refractivity contribution >= 4 is 40.1 Å². The Morgan fingerprint density at radius 2 is 1.88 bits per heavy atom. The summed E-state index contributed by atoms with van der Waals surface area (Å²) in [6, 6.07) is 19.2. The monoisotopic (exact) mass is 427 g/mol. The van der Waals surface area contributed by atoms with Crippen LogP contribution in [0.4, 0.5) is 11.4 Å². The van der Waals surface area contributed by atoms with Crippen LogP contribution in [-0.2, 0) is 14.3 Å². The molecule has 0 spiro atoms. The molecule has 0 unspecified atom stereocenters. The molecule has 0 radical (unpaired) electrons. The Labute approximate surface area is 182 Å². The van der Waals surface area contributed by atoms with E-state index in [0.29, 0.717) is 33.7 Å². The van der Waals surface area contributed by atoms with Gasteiger partial charge in [0.15, 0.2) is 12.4 Å². The van der Waals surface area contributed by atoms with Crippen LogP contribution in [0.25, 0.3) is 22.4 Å². The Morgan fingerprint density at radius 1 is 1.06 bits per heavy atom. The average Bonchev–Trinajstić information content (AvgIpc) is 3.36. The number of rotatable bonds is 4. The van der Waals surface area contributed by atoms with Crippen molar-refractivity contribution < 1.29 is 23.5 Å². The van der Waals surface area contributed by atoms with Gasteiger partial charge in [0.25, 0.3) is 5.91 Å². The van der Waals surface area contributed by atoms with Crippen LogP contribution in [0.5, 0.6) is 0 Å². The summed E-state index contributed by atoms with van der Waals surface area (Å²) in [5.74, 6) is -0.965. The molecule has 0 aliphatic carbocycles. The van der Waals surface area contributed by atoms with Crippen LogP contribution in [0, 0.1) is 0 Å². The van der Waals surface area contributed by atoms with Crippen molar-refractivity contribution in [2.24, 2.45) is 0 Å². The van der Waals surface area contributed by atoms with E-state index < -0.39 is 18.5 Å². The van der Waals surface area contributed by atoms with Gasteiger partial charge in [-0.2, -0.15) is 0 Å². The van der Waals surface area contributed by atoms with Crippen molar-refractivity contribution in [3.05, 3.63) is 78.6 Å². The lowest BCUT2D eigenvalue weighted by Gasteiger charge is -2.28. The van der Waals surface area contributed by atoms with Crippen LogP contribution in [0.1, 0.15) is 10.4 Å². The number of ether oxygens (including phenoxy) is 1. The molecule has 158 valence electrons. The molecule has 0 fully saturated rings. The van der Waals surface area contributed by atoms with Crippen molar-refractivity contribution in [3.8, 4) is 11.5 Å². The fraction of sp³-hybridized carbons (Fsp3) is 0.0833. The van der Waals surface area contributed by atoms with Gasteiger partial charge in [-0.1, -0.05) is 30.3 Å². The largest absolute Gasteiger partial charge is 0.463 e. The molecule has 0 saturated heterocycles. The number of carbonyl (C=O) groups is 3. The smallest absolute Gasteiger partial charge is 0.339 e. The molecule has 0 atom stereocenters. The number of nitrogens with one attached hydrogen (secondary N) is 1. The fourth-order valence-electron chi connectivity index (χ4n) is 3.63. The van der Waals surface area contributed by atoms with E-state index in [9.17, 15) is 14.4 Å². The molecule has 8 nitrogen and oxygen atoms in total. The van der Waals surface area contributed by atoms with E-state index >= 15 is 0 Å². The maximum absolute atomic E-state index is 12.9. The Balaban J connectivity index is 1.40. The lowest BCUT2D eigenvalue weighted by Crippen LogP contribution is -2.44. The summed E-state index contributed by atoms with van der Waals surface area (Å²) in [6.45, 7) is -0.651. The molecule has 0 saturated carbocycles. The minimum Gasteiger partial charge on any atom is -0.463 e. The molecule has 2 aromatic heterocycles. The quantitative estimate of drug-likeness (QED) is 0.499. The van der Waals surface area contributed by atoms with Crippen molar-refractivity contribution in [1.82, 2.24) is 4.98 Å². The third-order valence-electron chi connectivity index (χ3n) is 5.11. The number of fused-ring (bicyclic) bond motifs is 2. The summed E-state index contributed by atoms with van der Waals surface area (Å²) in [5, 5.41) is 3.32. The number of benzene rings is 2. The molecule has 2 amide bonds. The van der Waals surface area contributed by atoms with E-state index in [1.165, 1.54) is 11.2 Å². The number of esters is 1. The number of hydrogen-bond donors (Lipinski definition) is 1. The number of para-hydroxylation sites is 3. The van der Waals surface area contributed by atoms with E-state index in [0.717, 1.165) is 0 Å². The van der Waals surface area contributed by atoms with Crippen LogP contribution >= 0.6 is 0 Å². The van der Waals surface area contributed by atoms with Crippen molar-refractivity contribution in [2.45, 2.75) is 0 Å². The first kappa shape index (κ1) is 19.5. The number of amides is 2. The molecule has 8 heteroatoms. The number of carbonyl (C=O) groups excluding carboxylic acids is 3. The highest BCUT2D eigenvalue weighted by atomic mass is 16.5. The standard InChI is InChI=1S/C24H17N3O5/c28-22-13-27(20-9-4-3-8-18(20)26-22)23(29)14-32-24(30)16-12-19(21-10-5-11-31-21)25-17-7-2-1-6-15(16)17/h1-12H,13-14H2,(H,26,28). The van der Waals surface area contributed by atoms with E-state index in [-0.39, 0.29) is 18.0 Å². The predicted octanol–water partition coefficient (Wildman–Crippen LogP) is 3.64. The Kier molecular flexibility index (Phi) is 4.87. The molecular weight excluding hydrogens is 410 g/mol. The number of anilines is 2. The average molecular weight is 427 g/mol. The van der Waals surface area contributed by atoms with Crippen molar-refractivity contribution in [1.29, 1.82) is 0 Å². The minimum atomic E-state index is -0.667. The van der Waals surface area contributed by atoms with Gasteiger partial charge in [-0.25, -0.2) is 9.78 Å². The van der Waals surface area contributed by atoms with E-state index in [2.05, 4.69) is 10.3 Å². The Morgan fingerprint density at radius 3 is 2.72 bits per heavy atom. The SMILES string of the molecule is O=C1CN(C(=O)COC(=O)c2cc(-c3ccco3)nc3ccccc23)c2ccccc2N1. The fourth-order valence-corrected chi connectivity index (χ4v) is 3.63. The number of aromatic nitrogens is 1. The third kappa shape index (κ3) is 3.58. The number of hydrogen-bond acceptors (Lipinski definition) is 6. The highest BCUT2D eigenvalue weighted by Gasteiger charge is 2.27. The van der Waals surface area contributed by atoms with Gasteiger partial charge in [0, 0.05) is 5.39 Å². The summed E-state index contributed by atoms with van der Waals surface area (Å²) in [6.07, 6.45) is 1.52. The summed E-state index contributed by atoms with van der Waals surface area (Å²) in [4.78, 5) is 43.6. The Hall–Kier alpha value is -4.46. The van der Waals surface area contributed by atoms with E-state index in [1.807, 2.05) is 6.07 Å². The van der Waals surface area contributed by atoms with Crippen LogP contribution in [0.15, 0.2) is 77.4 Å². The predicted molar refractivity (Wildman–Crippen MR) is 117 cm³/mol. The molecule has 3 heterocycles. The highest BCUT2D eigenvalue weighted by Crippen LogP contribution is 2.29. The summed E-state index contributed by atoms with van der Waals surface area (Å²) < 4.78 is 10.8. The second-order valence-corrected chi connectivity index (χ2v) is 7.17. The van der Waals surface area contributed by atoms with Crippen molar-refractivity contribution in [2.75, 3.05) is 23.4 Å². The van der Waals surface area contributed by atoms with Gasteiger partial charge in [0.05, 0.1) is 28.7 Å². The first-order chi connectivity index (χ1) is 15.6. The second kappa shape index (κ2) is 7.99. The minimum absolute atomic E-state index is 0.145. The summed E-state index contributed by atoms with van der Waals surface area (Å²) in [7, 11) is 0. The van der Waals surface area contributed by atoms with Gasteiger partial charge in [-0.3, -0.25) is 14.5 Å². The number of pyridine rings is 1. The third-order valence-corrected chi connectivity index (χ3v) is 5.11. The van der Waals surface area contributed by atoms with Crippen LogP contribution in [0.3, 0.4) is 0 Å². The molecule has 5 rings (SSSR count). The normalized spacial score (nSPS) is 12.9. The number of furan rings is 1. The Bertz CT molecular complexity index is 1350. The summed E-state index contributed by atoms with van der Waals surface area (Å²) in [5.41, 5.74) is 2.44. The lowest BCUT2D eigenvalue weighted by atomic mass is 10.1. The zero-order valence-electron chi connectivity index (χ0n) is 16.8. The van der Waals surface area contributed by atoms with Gasteiger partial charge in [0.1, 0.15) is 12.2 Å². The molecule has 0 bridgehead atoms. The second-order valence-electron chi connectivity index (χ2n) is 7.17. The maximum atomic E-state index is 12.9. The first-order valence-electron chi connectivity index (χ1n) is 9.90. The number of nitrogens with zero attached hydrogens (tertiary/aromatic N) is 2. The van der Waals surface area contributed by atoms with Crippen LogP contribution in [0.2, 0.25) is 0 Å². The van der Waals surface area contributed by atoms with Crippen molar-refractivity contribution in [3.63, 3.8) is 0 Å². The molecule has 4 aromatic rings. The molecular formula is C24H17N3O5. The molecule has 1 N–H and O–H groups in total. The first-order valence-corrected chi connectivity index (χ1v) is 9.90.